The lowest BCUT2D eigenvalue weighted by molar-refractivity contribution is 0.0600. The summed E-state index contributed by atoms with van der Waals surface area (Å²) in [6.45, 7) is 3.69. The van der Waals surface area contributed by atoms with E-state index in [4.69, 9.17) is 0 Å². The number of nitrogens with zero attached hydrogens (tertiary/aromatic N) is 2. The van der Waals surface area contributed by atoms with Crippen LogP contribution in [0.4, 0.5) is 11.4 Å². The van der Waals surface area contributed by atoms with Crippen molar-refractivity contribution >= 4 is 23.3 Å². The Morgan fingerprint density at radius 1 is 1.00 bits per heavy atom. The van der Waals surface area contributed by atoms with Crippen molar-refractivity contribution in [2.75, 3.05) is 23.9 Å². The zero-order valence-electron chi connectivity index (χ0n) is 16.5. The van der Waals surface area contributed by atoms with Crippen LogP contribution in [0.25, 0.3) is 0 Å². The molecule has 1 N–H and O–H groups in total. The van der Waals surface area contributed by atoms with Gasteiger partial charge in [0.2, 0.25) is 0 Å². The summed E-state index contributed by atoms with van der Waals surface area (Å²) in [5, 5.41) is 2.78. The predicted octanol–water partition coefficient (Wildman–Crippen LogP) is 4.15. The minimum absolute atomic E-state index is 0.312. The summed E-state index contributed by atoms with van der Waals surface area (Å²) in [6, 6.07) is 20.3. The van der Waals surface area contributed by atoms with Crippen molar-refractivity contribution in [1.82, 2.24) is 4.98 Å². The number of hydrogen-bond acceptors (Lipinski definition) is 5. The highest BCUT2D eigenvalue weighted by Gasteiger charge is 2.11. The number of aromatic nitrogens is 1. The molecule has 0 aliphatic heterocycles. The molecule has 0 saturated heterocycles. The van der Waals surface area contributed by atoms with E-state index in [1.165, 1.54) is 12.7 Å². The normalized spacial score (nSPS) is 10.3. The van der Waals surface area contributed by atoms with Gasteiger partial charge in [-0.2, -0.15) is 0 Å². The Morgan fingerprint density at radius 2 is 1.72 bits per heavy atom. The number of ether oxygens (including phenoxy) is 1. The van der Waals surface area contributed by atoms with Crippen LogP contribution in [-0.2, 0) is 11.3 Å². The molecule has 3 rings (SSSR count). The molecule has 0 saturated carbocycles. The van der Waals surface area contributed by atoms with Gasteiger partial charge in [0.05, 0.1) is 24.6 Å². The lowest BCUT2D eigenvalue weighted by Crippen LogP contribution is -2.22. The average molecular weight is 389 g/mol. The average Bonchev–Trinajstić information content (AvgIpc) is 2.78. The van der Waals surface area contributed by atoms with Crippen LogP contribution in [0.15, 0.2) is 72.9 Å². The lowest BCUT2D eigenvalue weighted by atomic mass is 10.2. The van der Waals surface area contributed by atoms with Crippen LogP contribution < -0.4 is 10.2 Å². The second-order valence-electron chi connectivity index (χ2n) is 6.42. The molecule has 0 atom stereocenters. The maximum Gasteiger partial charge on any atom is 0.337 e. The number of anilines is 2. The highest BCUT2D eigenvalue weighted by molar-refractivity contribution is 6.03. The summed E-state index contributed by atoms with van der Waals surface area (Å²) < 4.78 is 4.66. The SMILES string of the molecule is CCN(Cc1ccccc1)c1ccc(C(=O)Nc2ccc(C(=O)OC)cc2)nc1. The van der Waals surface area contributed by atoms with E-state index in [0.29, 0.717) is 16.9 Å². The fourth-order valence-corrected chi connectivity index (χ4v) is 2.90. The van der Waals surface area contributed by atoms with E-state index in [9.17, 15) is 9.59 Å². The molecule has 0 aliphatic carbocycles. The summed E-state index contributed by atoms with van der Waals surface area (Å²) in [5.74, 6) is -0.732. The summed E-state index contributed by atoms with van der Waals surface area (Å²) in [4.78, 5) is 30.4. The van der Waals surface area contributed by atoms with Crippen molar-refractivity contribution in [2.24, 2.45) is 0 Å². The summed E-state index contributed by atoms with van der Waals surface area (Å²) in [6.07, 6.45) is 1.71. The van der Waals surface area contributed by atoms with Crippen molar-refractivity contribution in [1.29, 1.82) is 0 Å². The van der Waals surface area contributed by atoms with Crippen molar-refractivity contribution in [3.63, 3.8) is 0 Å². The topological polar surface area (TPSA) is 71.5 Å². The Morgan fingerprint density at radius 3 is 2.31 bits per heavy atom. The van der Waals surface area contributed by atoms with Gasteiger partial charge in [-0.15, -0.1) is 0 Å². The molecule has 0 aliphatic rings. The number of rotatable bonds is 7. The molecular weight excluding hydrogens is 366 g/mol. The third-order valence-electron chi connectivity index (χ3n) is 4.51. The minimum atomic E-state index is -0.420. The molecule has 1 amide bonds. The van der Waals surface area contributed by atoms with Crippen molar-refractivity contribution < 1.29 is 14.3 Å². The molecule has 1 aromatic heterocycles. The van der Waals surface area contributed by atoms with Crippen LogP contribution in [0.1, 0.15) is 33.3 Å². The van der Waals surface area contributed by atoms with Crippen LogP contribution in [0.2, 0.25) is 0 Å². The molecule has 3 aromatic rings. The molecule has 0 unspecified atom stereocenters. The molecule has 6 nitrogen and oxygen atoms in total. The molecule has 0 spiro atoms. The fourth-order valence-electron chi connectivity index (χ4n) is 2.90. The van der Waals surface area contributed by atoms with Crippen LogP contribution in [0.3, 0.4) is 0 Å². The standard InChI is InChI=1S/C23H23N3O3/c1-3-26(16-17-7-5-4-6-8-17)20-13-14-21(24-15-20)22(27)25-19-11-9-18(10-12-19)23(28)29-2/h4-15H,3,16H2,1-2H3,(H,25,27). The fraction of sp³-hybridized carbons (Fsp3) is 0.174. The molecule has 2 aromatic carbocycles. The number of pyridine rings is 1. The highest BCUT2D eigenvalue weighted by Crippen LogP contribution is 2.17. The molecule has 0 radical (unpaired) electrons. The van der Waals surface area contributed by atoms with Crippen molar-refractivity contribution in [3.05, 3.63) is 89.7 Å². The number of nitrogens with one attached hydrogen (secondary N) is 1. The van der Waals surface area contributed by atoms with Crippen LogP contribution >= 0.6 is 0 Å². The molecule has 1 heterocycles. The second kappa shape index (κ2) is 9.50. The summed E-state index contributed by atoms with van der Waals surface area (Å²) >= 11 is 0. The zero-order valence-corrected chi connectivity index (χ0v) is 16.5. The number of benzene rings is 2. The lowest BCUT2D eigenvalue weighted by Gasteiger charge is -2.23. The highest BCUT2D eigenvalue weighted by atomic mass is 16.5. The molecule has 0 fully saturated rings. The third kappa shape index (κ3) is 5.19. The first-order chi connectivity index (χ1) is 14.1. The molecule has 0 bridgehead atoms. The summed E-state index contributed by atoms with van der Waals surface area (Å²) in [7, 11) is 1.33. The Labute approximate surface area is 170 Å². The smallest absolute Gasteiger partial charge is 0.337 e. The third-order valence-corrected chi connectivity index (χ3v) is 4.51. The molecular formula is C23H23N3O3. The summed E-state index contributed by atoms with van der Waals surface area (Å²) in [5.41, 5.74) is 3.49. The number of carbonyl (C=O) groups excluding carboxylic acids is 2. The van der Waals surface area contributed by atoms with Gasteiger partial charge in [-0.3, -0.25) is 4.79 Å². The van der Waals surface area contributed by atoms with E-state index in [1.54, 1.807) is 36.5 Å². The quantitative estimate of drug-likeness (QED) is 0.615. The Bertz CT molecular complexity index is 955. The van der Waals surface area contributed by atoms with Gasteiger partial charge in [-0.05, 0) is 48.9 Å². The number of hydrogen-bond donors (Lipinski definition) is 1. The van der Waals surface area contributed by atoms with Gasteiger partial charge < -0.3 is 15.0 Å². The number of methoxy groups -OCH3 is 1. The van der Waals surface area contributed by atoms with Gasteiger partial charge in [0.25, 0.3) is 5.91 Å². The molecule has 148 valence electrons. The van der Waals surface area contributed by atoms with E-state index < -0.39 is 5.97 Å². The molecule has 29 heavy (non-hydrogen) atoms. The predicted molar refractivity (Wildman–Crippen MR) is 113 cm³/mol. The van der Waals surface area contributed by atoms with Crippen LogP contribution in [-0.4, -0.2) is 30.5 Å². The Kier molecular flexibility index (Phi) is 6.58. The van der Waals surface area contributed by atoms with Gasteiger partial charge in [0.1, 0.15) is 5.69 Å². The number of carbonyl (C=O) groups is 2. The largest absolute Gasteiger partial charge is 0.465 e. The monoisotopic (exact) mass is 389 g/mol. The second-order valence-corrected chi connectivity index (χ2v) is 6.42. The van der Waals surface area contributed by atoms with Gasteiger partial charge in [-0.1, -0.05) is 30.3 Å². The number of esters is 1. The van der Waals surface area contributed by atoms with Crippen LogP contribution in [0, 0.1) is 0 Å². The van der Waals surface area contributed by atoms with Crippen molar-refractivity contribution in [2.45, 2.75) is 13.5 Å². The Balaban J connectivity index is 1.65. The first-order valence-electron chi connectivity index (χ1n) is 9.35. The van der Waals surface area contributed by atoms with Crippen molar-refractivity contribution in [3.8, 4) is 0 Å². The van der Waals surface area contributed by atoms with E-state index in [1.807, 2.05) is 24.3 Å². The molecule has 6 heteroatoms. The zero-order chi connectivity index (χ0) is 20.6. The maximum atomic E-state index is 12.5. The maximum absolute atomic E-state index is 12.5. The van der Waals surface area contributed by atoms with Gasteiger partial charge in [0, 0.05) is 18.8 Å². The minimum Gasteiger partial charge on any atom is -0.465 e. The Hall–Kier alpha value is -3.67. The van der Waals surface area contributed by atoms with Gasteiger partial charge in [0.15, 0.2) is 0 Å². The van der Waals surface area contributed by atoms with E-state index in [0.717, 1.165) is 18.8 Å². The van der Waals surface area contributed by atoms with E-state index in [2.05, 4.69) is 39.0 Å². The van der Waals surface area contributed by atoms with E-state index in [-0.39, 0.29) is 5.91 Å². The van der Waals surface area contributed by atoms with Gasteiger partial charge in [-0.25, -0.2) is 9.78 Å². The first kappa shape index (κ1) is 20.1. The number of amides is 1. The van der Waals surface area contributed by atoms with Crippen LogP contribution in [0.5, 0.6) is 0 Å². The first-order valence-corrected chi connectivity index (χ1v) is 9.35. The van der Waals surface area contributed by atoms with Gasteiger partial charge >= 0.3 is 5.97 Å². The van der Waals surface area contributed by atoms with E-state index >= 15 is 0 Å².